The van der Waals surface area contributed by atoms with Crippen LogP contribution in [-0.2, 0) is 11.2 Å². The second-order valence-electron chi connectivity index (χ2n) is 5.49. The van der Waals surface area contributed by atoms with E-state index in [1.165, 1.54) is 0 Å². The highest BCUT2D eigenvalue weighted by Crippen LogP contribution is 2.19. The highest BCUT2D eigenvalue weighted by atomic mass is 79.9. The van der Waals surface area contributed by atoms with Gasteiger partial charge in [0.2, 0.25) is 11.8 Å². The Morgan fingerprint density at radius 2 is 2.09 bits per heavy atom. The third-order valence-corrected chi connectivity index (χ3v) is 4.48. The van der Waals surface area contributed by atoms with Crippen molar-refractivity contribution in [2.45, 2.75) is 18.9 Å². The van der Waals surface area contributed by atoms with Crippen molar-refractivity contribution in [3.63, 3.8) is 0 Å². The van der Waals surface area contributed by atoms with Crippen LogP contribution in [0.4, 0.5) is 0 Å². The Balaban J connectivity index is 1.53. The van der Waals surface area contributed by atoms with Crippen LogP contribution in [0.2, 0.25) is 5.02 Å². The highest BCUT2D eigenvalue weighted by Gasteiger charge is 2.27. The van der Waals surface area contributed by atoms with E-state index in [4.69, 9.17) is 16.3 Å². The van der Waals surface area contributed by atoms with E-state index in [0.717, 1.165) is 16.5 Å². The van der Waals surface area contributed by atoms with Gasteiger partial charge in [0.1, 0.15) is 6.10 Å². The third kappa shape index (κ3) is 4.45. The molecule has 120 valence electrons. The van der Waals surface area contributed by atoms with Crippen LogP contribution >= 0.6 is 27.5 Å². The molecule has 1 amide bonds. The lowest BCUT2D eigenvalue weighted by molar-refractivity contribution is -0.129. The summed E-state index contributed by atoms with van der Waals surface area (Å²) in [7, 11) is 0. The van der Waals surface area contributed by atoms with Gasteiger partial charge in [-0.1, -0.05) is 23.7 Å². The molecular formula is C17H16BrClN2O2. The number of likely N-dealkylation sites (tertiary alicyclic amines) is 1. The molecule has 4 nitrogen and oxygen atoms in total. The molecule has 1 aromatic carbocycles. The average Bonchev–Trinajstić information content (AvgIpc) is 3.00. The minimum absolute atomic E-state index is 0.00200. The molecule has 0 radical (unpaired) electrons. The van der Waals surface area contributed by atoms with E-state index in [1.54, 1.807) is 18.3 Å². The number of pyridine rings is 1. The van der Waals surface area contributed by atoms with Crippen molar-refractivity contribution < 1.29 is 9.53 Å². The fourth-order valence-electron chi connectivity index (χ4n) is 2.54. The molecule has 0 N–H and O–H groups in total. The second kappa shape index (κ2) is 7.32. The van der Waals surface area contributed by atoms with E-state index < -0.39 is 0 Å². The quantitative estimate of drug-likeness (QED) is 0.792. The minimum atomic E-state index is -0.00200. The van der Waals surface area contributed by atoms with Crippen molar-refractivity contribution in [3.05, 3.63) is 57.7 Å². The number of amides is 1. The molecule has 1 saturated heterocycles. The summed E-state index contributed by atoms with van der Waals surface area (Å²) in [6, 6.07) is 11.1. The summed E-state index contributed by atoms with van der Waals surface area (Å²) in [6.45, 7) is 1.32. The molecule has 23 heavy (non-hydrogen) atoms. The molecule has 6 heteroatoms. The number of halogens is 2. The summed E-state index contributed by atoms with van der Waals surface area (Å²) in [5.74, 6) is 0.701. The van der Waals surface area contributed by atoms with Gasteiger partial charge in [0, 0.05) is 34.7 Å². The fourth-order valence-corrected chi connectivity index (χ4v) is 2.90. The van der Waals surface area contributed by atoms with Gasteiger partial charge in [0.25, 0.3) is 0 Å². The Kier molecular flexibility index (Phi) is 5.18. The smallest absolute Gasteiger partial charge is 0.227 e. The van der Waals surface area contributed by atoms with Crippen LogP contribution in [-0.4, -0.2) is 35.0 Å². The number of benzene rings is 1. The number of ether oxygens (including phenoxy) is 1. The van der Waals surface area contributed by atoms with Crippen LogP contribution in [0.3, 0.4) is 0 Å². The van der Waals surface area contributed by atoms with Crippen LogP contribution < -0.4 is 4.74 Å². The lowest BCUT2D eigenvalue weighted by Crippen LogP contribution is -2.32. The van der Waals surface area contributed by atoms with Gasteiger partial charge in [-0.3, -0.25) is 4.79 Å². The monoisotopic (exact) mass is 394 g/mol. The number of carbonyl (C=O) groups is 1. The maximum atomic E-state index is 12.4. The zero-order chi connectivity index (χ0) is 16.2. The van der Waals surface area contributed by atoms with E-state index in [0.29, 0.717) is 30.4 Å². The standard InChI is InChI=1S/C17H16BrClN2O2/c18-13-3-6-16(20-10-13)23-15-7-8-21(11-15)17(22)9-12-1-4-14(19)5-2-12/h1-6,10,15H,7-9,11H2. The predicted octanol–water partition coefficient (Wildman–Crippen LogP) is 3.72. The minimum Gasteiger partial charge on any atom is -0.472 e. The van der Waals surface area contributed by atoms with Crippen molar-refractivity contribution >= 4 is 33.4 Å². The number of aromatic nitrogens is 1. The van der Waals surface area contributed by atoms with Crippen molar-refractivity contribution in [3.8, 4) is 5.88 Å². The zero-order valence-electron chi connectivity index (χ0n) is 12.4. The van der Waals surface area contributed by atoms with E-state index in [-0.39, 0.29) is 12.0 Å². The lowest BCUT2D eigenvalue weighted by atomic mass is 10.1. The van der Waals surface area contributed by atoms with Crippen LogP contribution in [0.15, 0.2) is 47.1 Å². The van der Waals surface area contributed by atoms with Crippen LogP contribution in [0, 0.1) is 0 Å². The lowest BCUT2D eigenvalue weighted by Gasteiger charge is -2.17. The van der Waals surface area contributed by atoms with Gasteiger partial charge in [0.15, 0.2) is 0 Å². The first kappa shape index (κ1) is 16.3. The Morgan fingerprint density at radius 3 is 2.78 bits per heavy atom. The highest BCUT2D eigenvalue weighted by molar-refractivity contribution is 9.10. The number of carbonyl (C=O) groups excluding carboxylic acids is 1. The first-order valence-corrected chi connectivity index (χ1v) is 8.58. The van der Waals surface area contributed by atoms with Crippen molar-refractivity contribution in [2.24, 2.45) is 0 Å². The first-order chi connectivity index (χ1) is 11.1. The van der Waals surface area contributed by atoms with Crippen LogP contribution in [0.1, 0.15) is 12.0 Å². The van der Waals surface area contributed by atoms with Crippen molar-refractivity contribution in [1.82, 2.24) is 9.88 Å². The molecule has 1 unspecified atom stereocenters. The summed E-state index contributed by atoms with van der Waals surface area (Å²) in [5.41, 5.74) is 0.971. The van der Waals surface area contributed by atoms with Gasteiger partial charge >= 0.3 is 0 Å². The van der Waals surface area contributed by atoms with Crippen LogP contribution in [0.25, 0.3) is 0 Å². The Morgan fingerprint density at radius 1 is 1.30 bits per heavy atom. The maximum absolute atomic E-state index is 12.4. The maximum Gasteiger partial charge on any atom is 0.227 e. The molecule has 1 fully saturated rings. The summed E-state index contributed by atoms with van der Waals surface area (Å²) >= 11 is 9.20. The van der Waals surface area contributed by atoms with Gasteiger partial charge in [-0.2, -0.15) is 0 Å². The summed E-state index contributed by atoms with van der Waals surface area (Å²) in [4.78, 5) is 18.4. The molecule has 3 rings (SSSR count). The number of hydrogen-bond acceptors (Lipinski definition) is 3. The normalized spacial score (nSPS) is 17.3. The zero-order valence-corrected chi connectivity index (χ0v) is 14.8. The fraction of sp³-hybridized carbons (Fsp3) is 0.294. The molecule has 2 aromatic rings. The van der Waals surface area contributed by atoms with Gasteiger partial charge in [-0.15, -0.1) is 0 Å². The van der Waals surface area contributed by atoms with Gasteiger partial charge < -0.3 is 9.64 Å². The third-order valence-electron chi connectivity index (χ3n) is 3.75. The van der Waals surface area contributed by atoms with Crippen molar-refractivity contribution in [1.29, 1.82) is 0 Å². The predicted molar refractivity (Wildman–Crippen MR) is 92.7 cm³/mol. The Hall–Kier alpha value is -1.59. The molecule has 1 aromatic heterocycles. The number of hydrogen-bond donors (Lipinski definition) is 0. The molecular weight excluding hydrogens is 380 g/mol. The van der Waals surface area contributed by atoms with E-state index >= 15 is 0 Å². The molecule has 1 aliphatic heterocycles. The second-order valence-corrected chi connectivity index (χ2v) is 6.84. The molecule has 2 heterocycles. The summed E-state index contributed by atoms with van der Waals surface area (Å²) in [6.07, 6.45) is 2.91. The Bertz CT molecular complexity index is 676. The number of nitrogens with zero attached hydrogens (tertiary/aromatic N) is 2. The largest absolute Gasteiger partial charge is 0.472 e. The van der Waals surface area contributed by atoms with E-state index in [2.05, 4.69) is 20.9 Å². The topological polar surface area (TPSA) is 42.4 Å². The summed E-state index contributed by atoms with van der Waals surface area (Å²) < 4.78 is 6.75. The molecule has 0 spiro atoms. The SMILES string of the molecule is O=C(Cc1ccc(Cl)cc1)N1CCC(Oc2ccc(Br)cn2)C1. The van der Waals surface area contributed by atoms with Gasteiger partial charge in [-0.25, -0.2) is 4.98 Å². The average molecular weight is 396 g/mol. The molecule has 1 atom stereocenters. The van der Waals surface area contributed by atoms with E-state index in [1.807, 2.05) is 29.2 Å². The van der Waals surface area contributed by atoms with Crippen molar-refractivity contribution in [2.75, 3.05) is 13.1 Å². The number of rotatable bonds is 4. The molecule has 0 aliphatic carbocycles. The molecule has 1 aliphatic rings. The van der Waals surface area contributed by atoms with Crippen LogP contribution in [0.5, 0.6) is 5.88 Å². The Labute approximate surface area is 148 Å². The molecule has 0 saturated carbocycles. The van der Waals surface area contributed by atoms with Gasteiger partial charge in [-0.05, 0) is 39.7 Å². The first-order valence-electron chi connectivity index (χ1n) is 7.40. The van der Waals surface area contributed by atoms with E-state index in [9.17, 15) is 4.79 Å². The summed E-state index contributed by atoms with van der Waals surface area (Å²) in [5, 5.41) is 0.679. The molecule has 0 bridgehead atoms. The van der Waals surface area contributed by atoms with Gasteiger partial charge in [0.05, 0.1) is 13.0 Å².